The van der Waals surface area contributed by atoms with E-state index in [0.717, 1.165) is 31.5 Å². The Labute approximate surface area is 209 Å². The number of benzene rings is 1. The number of nitrogens with zero attached hydrogens (tertiary/aromatic N) is 5. The summed E-state index contributed by atoms with van der Waals surface area (Å²) in [6.07, 6.45) is 8.35. The van der Waals surface area contributed by atoms with E-state index in [1.54, 1.807) is 12.1 Å². The normalized spacial score (nSPS) is 27.2. The van der Waals surface area contributed by atoms with Crippen molar-refractivity contribution in [2.45, 2.75) is 75.5 Å². The Kier molecular flexibility index (Phi) is 5.37. The molecule has 8 nitrogen and oxygen atoms in total. The first-order valence-corrected chi connectivity index (χ1v) is 12.6. The van der Waals surface area contributed by atoms with Crippen LogP contribution in [0.25, 0.3) is 22.4 Å². The zero-order chi connectivity index (χ0) is 25.1. The molecule has 3 atom stereocenters. The first-order chi connectivity index (χ1) is 17.3. The van der Waals surface area contributed by atoms with Crippen LogP contribution >= 0.6 is 0 Å². The molecule has 1 aromatic carbocycles. The molecule has 2 aromatic heterocycles. The molecule has 1 saturated carbocycles. The van der Waals surface area contributed by atoms with Gasteiger partial charge in [-0.05, 0) is 82.2 Å². The van der Waals surface area contributed by atoms with Gasteiger partial charge in [-0.1, -0.05) is 0 Å². The number of hydrogen-bond donors (Lipinski definition) is 2. The molecule has 1 unspecified atom stereocenters. The van der Waals surface area contributed by atoms with E-state index < -0.39 is 5.82 Å². The smallest absolute Gasteiger partial charge is 0.233 e. The summed E-state index contributed by atoms with van der Waals surface area (Å²) >= 11 is 0. The van der Waals surface area contributed by atoms with Crippen molar-refractivity contribution in [2.75, 3.05) is 12.0 Å². The van der Waals surface area contributed by atoms with Crippen molar-refractivity contribution >= 4 is 5.82 Å². The zero-order valence-electron chi connectivity index (χ0n) is 20.8. The number of halogens is 1. The molecule has 4 heterocycles. The van der Waals surface area contributed by atoms with Crippen LogP contribution in [0.4, 0.5) is 10.2 Å². The van der Waals surface area contributed by atoms with Gasteiger partial charge in [0.1, 0.15) is 11.6 Å². The molecule has 3 fully saturated rings. The molecular formula is C27H31FN6O2. The summed E-state index contributed by atoms with van der Waals surface area (Å²) in [5.41, 5.74) is 1.69. The van der Waals surface area contributed by atoms with Crippen molar-refractivity contribution in [3.63, 3.8) is 0 Å². The van der Waals surface area contributed by atoms with Crippen molar-refractivity contribution in [1.29, 1.82) is 0 Å². The van der Waals surface area contributed by atoms with Crippen molar-refractivity contribution < 1.29 is 14.2 Å². The average molecular weight is 491 g/mol. The van der Waals surface area contributed by atoms with Crippen LogP contribution in [0.3, 0.4) is 0 Å². The van der Waals surface area contributed by atoms with Gasteiger partial charge in [0, 0.05) is 34.8 Å². The Morgan fingerprint density at radius 2 is 1.75 bits per heavy atom. The minimum absolute atomic E-state index is 0.0321. The zero-order valence-corrected chi connectivity index (χ0v) is 20.8. The van der Waals surface area contributed by atoms with Gasteiger partial charge in [-0.3, -0.25) is 0 Å². The molecule has 0 radical (unpaired) electrons. The van der Waals surface area contributed by atoms with Gasteiger partial charge >= 0.3 is 0 Å². The molecule has 0 spiro atoms. The van der Waals surface area contributed by atoms with E-state index in [0.29, 0.717) is 34.8 Å². The summed E-state index contributed by atoms with van der Waals surface area (Å²) in [5, 5.41) is 31.2. The summed E-state index contributed by atoms with van der Waals surface area (Å²) in [5.74, 6) is 0.337. The highest BCUT2D eigenvalue weighted by Crippen LogP contribution is 2.46. The van der Waals surface area contributed by atoms with E-state index in [1.807, 2.05) is 6.07 Å². The Bertz CT molecular complexity index is 1260. The molecule has 2 N–H and O–H groups in total. The van der Waals surface area contributed by atoms with Gasteiger partial charge in [0.2, 0.25) is 5.88 Å². The molecule has 2 aliphatic heterocycles. The van der Waals surface area contributed by atoms with Gasteiger partial charge in [-0.15, -0.1) is 15.3 Å². The van der Waals surface area contributed by atoms with E-state index in [2.05, 4.69) is 44.5 Å². The first-order valence-electron chi connectivity index (χ1n) is 12.6. The molecule has 1 aliphatic carbocycles. The third kappa shape index (κ3) is 4.15. The molecule has 2 saturated heterocycles. The number of phenolic OH excluding ortho intramolecular Hbond substituents is 1. The van der Waals surface area contributed by atoms with Crippen molar-refractivity contribution in [2.24, 2.45) is 0 Å². The van der Waals surface area contributed by atoms with Crippen LogP contribution in [0.15, 0.2) is 36.5 Å². The standard InChI is InChI=1S/C27H31FN6O2/c1-26-8-9-27(2,33-26)14-19(13-26)34(18-4-5-18)23-7-6-21(30-31-23)25-20(28)10-16(11-22(25)35)17-12-24(36-3)32-29-15-17/h6-7,10-12,15,18-19,33,35H,4-5,8-9,13-14H2,1-3H3/t19?,26-,27+. The van der Waals surface area contributed by atoms with E-state index in [-0.39, 0.29) is 22.4 Å². The maximum Gasteiger partial charge on any atom is 0.233 e. The van der Waals surface area contributed by atoms with Crippen molar-refractivity contribution in [1.82, 2.24) is 25.7 Å². The monoisotopic (exact) mass is 490 g/mol. The van der Waals surface area contributed by atoms with Gasteiger partial charge in [0.05, 0.1) is 24.6 Å². The summed E-state index contributed by atoms with van der Waals surface area (Å²) in [4.78, 5) is 2.45. The molecule has 36 heavy (non-hydrogen) atoms. The second-order valence-corrected chi connectivity index (χ2v) is 11.1. The topological polar surface area (TPSA) is 96.3 Å². The highest BCUT2D eigenvalue weighted by Gasteiger charge is 2.51. The van der Waals surface area contributed by atoms with Gasteiger partial charge in [0.15, 0.2) is 5.82 Å². The molecular weight excluding hydrogens is 459 g/mol. The van der Waals surface area contributed by atoms with Crippen LogP contribution in [-0.4, -0.2) is 55.8 Å². The number of rotatable bonds is 6. The lowest BCUT2D eigenvalue weighted by Crippen LogP contribution is -2.59. The Morgan fingerprint density at radius 3 is 2.36 bits per heavy atom. The number of nitrogens with one attached hydrogen (secondary N) is 1. The second kappa shape index (κ2) is 8.37. The Morgan fingerprint density at radius 1 is 1.00 bits per heavy atom. The highest BCUT2D eigenvalue weighted by molar-refractivity contribution is 5.75. The second-order valence-electron chi connectivity index (χ2n) is 11.1. The third-order valence-corrected chi connectivity index (χ3v) is 7.95. The molecule has 6 rings (SSSR count). The molecule has 2 bridgehead atoms. The first kappa shape index (κ1) is 23.1. The highest BCUT2D eigenvalue weighted by atomic mass is 19.1. The average Bonchev–Trinajstić information content (AvgIpc) is 3.65. The van der Waals surface area contributed by atoms with Gasteiger partial charge in [-0.25, -0.2) is 4.39 Å². The van der Waals surface area contributed by atoms with Crippen molar-refractivity contribution in [3.8, 4) is 34.0 Å². The third-order valence-electron chi connectivity index (χ3n) is 7.95. The predicted octanol–water partition coefficient (Wildman–Crippen LogP) is 4.49. The SMILES string of the molecule is COc1cc(-c2cc(O)c(-c3ccc(N(C4CC4)C4C[C@]5(C)CC[C@](C)(C4)N5)nn3)c(F)c2)cnn1. The van der Waals surface area contributed by atoms with Crippen LogP contribution in [0.5, 0.6) is 11.6 Å². The van der Waals surface area contributed by atoms with E-state index in [9.17, 15) is 5.11 Å². The van der Waals surface area contributed by atoms with Crippen molar-refractivity contribution in [3.05, 3.63) is 42.3 Å². The van der Waals surface area contributed by atoms with Crippen LogP contribution in [0.2, 0.25) is 0 Å². The number of ether oxygens (including phenoxy) is 1. The summed E-state index contributed by atoms with van der Waals surface area (Å²) in [6, 6.07) is 9.03. The predicted molar refractivity (Wildman–Crippen MR) is 134 cm³/mol. The number of phenols is 1. The minimum Gasteiger partial charge on any atom is -0.507 e. The number of aromatic hydroxyl groups is 1. The minimum atomic E-state index is -0.586. The van der Waals surface area contributed by atoms with E-state index >= 15 is 4.39 Å². The summed E-state index contributed by atoms with van der Waals surface area (Å²) < 4.78 is 20.3. The fraction of sp³-hybridized carbons (Fsp3) is 0.481. The molecule has 0 amide bonds. The maximum atomic E-state index is 15.2. The van der Waals surface area contributed by atoms with E-state index in [1.165, 1.54) is 38.3 Å². The van der Waals surface area contributed by atoms with Gasteiger partial charge in [0.25, 0.3) is 0 Å². The van der Waals surface area contributed by atoms with Gasteiger partial charge in [-0.2, -0.15) is 5.10 Å². The Balaban J connectivity index is 1.29. The molecule has 3 aliphatic rings. The largest absolute Gasteiger partial charge is 0.507 e. The number of aromatic nitrogens is 4. The maximum absolute atomic E-state index is 15.2. The quantitative estimate of drug-likeness (QED) is 0.522. The number of methoxy groups -OCH3 is 1. The number of anilines is 1. The van der Waals surface area contributed by atoms with Crippen LogP contribution in [-0.2, 0) is 0 Å². The lowest BCUT2D eigenvalue weighted by Gasteiger charge is -2.46. The molecule has 9 heteroatoms. The summed E-state index contributed by atoms with van der Waals surface area (Å²) in [7, 11) is 1.48. The lowest BCUT2D eigenvalue weighted by atomic mass is 9.84. The molecule has 188 valence electrons. The number of piperidine rings is 1. The van der Waals surface area contributed by atoms with Crippen LogP contribution in [0, 0.1) is 5.82 Å². The number of fused-ring (bicyclic) bond motifs is 2. The van der Waals surface area contributed by atoms with Crippen LogP contribution < -0.4 is 15.0 Å². The van der Waals surface area contributed by atoms with Crippen LogP contribution in [0.1, 0.15) is 52.4 Å². The fourth-order valence-electron chi connectivity index (χ4n) is 6.26. The van der Waals surface area contributed by atoms with Gasteiger partial charge < -0.3 is 20.1 Å². The number of hydrogen-bond acceptors (Lipinski definition) is 8. The Hall–Kier alpha value is -3.33. The lowest BCUT2D eigenvalue weighted by molar-refractivity contribution is 0.203. The summed E-state index contributed by atoms with van der Waals surface area (Å²) in [6.45, 7) is 4.66. The molecule has 3 aromatic rings. The fourth-order valence-corrected chi connectivity index (χ4v) is 6.26. The van der Waals surface area contributed by atoms with E-state index in [4.69, 9.17) is 4.74 Å².